The van der Waals surface area contributed by atoms with Crippen LogP contribution >= 0.6 is 0 Å². The van der Waals surface area contributed by atoms with Crippen molar-refractivity contribution in [3.63, 3.8) is 0 Å². The van der Waals surface area contributed by atoms with Gasteiger partial charge in [0, 0.05) is 25.4 Å². The Labute approximate surface area is 121 Å². The molecule has 6 nitrogen and oxygen atoms in total. The molecule has 2 heterocycles. The van der Waals surface area contributed by atoms with Crippen molar-refractivity contribution in [1.29, 1.82) is 0 Å². The van der Waals surface area contributed by atoms with E-state index in [1.54, 1.807) is 34.0 Å². The van der Waals surface area contributed by atoms with Crippen LogP contribution in [0, 0.1) is 0 Å². The fourth-order valence-electron chi connectivity index (χ4n) is 2.53. The molecule has 108 valence electrons. The molecule has 0 atom stereocenters. The molecule has 0 N–H and O–H groups in total. The number of aryl methyl sites for hydroxylation is 1. The molecular weight excluding hydrogens is 270 g/mol. The SMILES string of the molecule is COC(=O)c1ccc2c(c1)CCN(c1cnn(C)c1)C2=O. The third-order valence-electron chi connectivity index (χ3n) is 3.61. The monoisotopic (exact) mass is 285 g/mol. The maximum atomic E-state index is 12.5. The van der Waals surface area contributed by atoms with E-state index >= 15 is 0 Å². The zero-order valence-corrected chi connectivity index (χ0v) is 11.9. The summed E-state index contributed by atoms with van der Waals surface area (Å²) in [5.41, 5.74) is 2.75. The van der Waals surface area contributed by atoms with Gasteiger partial charge in [0.05, 0.1) is 24.6 Å². The predicted molar refractivity (Wildman–Crippen MR) is 76.4 cm³/mol. The molecule has 0 fully saturated rings. The molecule has 1 aromatic carbocycles. The Kier molecular flexibility index (Phi) is 3.21. The minimum Gasteiger partial charge on any atom is -0.465 e. The van der Waals surface area contributed by atoms with Crippen LogP contribution in [0.1, 0.15) is 26.3 Å². The summed E-state index contributed by atoms with van der Waals surface area (Å²) in [6, 6.07) is 5.04. The molecule has 0 aliphatic carbocycles. The molecule has 1 amide bonds. The van der Waals surface area contributed by atoms with Gasteiger partial charge in [-0.2, -0.15) is 5.10 Å². The third kappa shape index (κ3) is 2.29. The molecule has 2 aromatic rings. The van der Waals surface area contributed by atoms with Crippen LogP contribution < -0.4 is 4.90 Å². The summed E-state index contributed by atoms with van der Waals surface area (Å²) in [5.74, 6) is -0.458. The summed E-state index contributed by atoms with van der Waals surface area (Å²) < 4.78 is 6.37. The van der Waals surface area contributed by atoms with E-state index in [0.717, 1.165) is 11.3 Å². The molecule has 0 radical (unpaired) electrons. The maximum absolute atomic E-state index is 12.5. The van der Waals surface area contributed by atoms with Crippen molar-refractivity contribution in [2.24, 2.45) is 7.05 Å². The van der Waals surface area contributed by atoms with E-state index in [1.807, 2.05) is 13.2 Å². The number of rotatable bonds is 2. The lowest BCUT2D eigenvalue weighted by molar-refractivity contribution is 0.0600. The van der Waals surface area contributed by atoms with Crippen LogP contribution in [0.4, 0.5) is 5.69 Å². The fourth-order valence-corrected chi connectivity index (χ4v) is 2.53. The van der Waals surface area contributed by atoms with Crippen LogP contribution in [0.3, 0.4) is 0 Å². The van der Waals surface area contributed by atoms with Crippen molar-refractivity contribution < 1.29 is 14.3 Å². The second-order valence-corrected chi connectivity index (χ2v) is 4.94. The number of carbonyl (C=O) groups is 2. The third-order valence-corrected chi connectivity index (χ3v) is 3.61. The van der Waals surface area contributed by atoms with E-state index in [1.165, 1.54) is 7.11 Å². The van der Waals surface area contributed by atoms with Crippen molar-refractivity contribution in [2.75, 3.05) is 18.6 Å². The molecule has 21 heavy (non-hydrogen) atoms. The highest BCUT2D eigenvalue weighted by Crippen LogP contribution is 2.25. The molecule has 1 aliphatic heterocycles. The Morgan fingerprint density at radius 2 is 2.19 bits per heavy atom. The lowest BCUT2D eigenvalue weighted by Gasteiger charge is -2.27. The normalized spacial score (nSPS) is 14.0. The van der Waals surface area contributed by atoms with Gasteiger partial charge in [0.15, 0.2) is 0 Å². The van der Waals surface area contributed by atoms with Crippen LogP contribution in [-0.4, -0.2) is 35.3 Å². The van der Waals surface area contributed by atoms with Crippen LogP contribution in [0.5, 0.6) is 0 Å². The second kappa shape index (κ2) is 5.05. The van der Waals surface area contributed by atoms with E-state index in [-0.39, 0.29) is 11.9 Å². The summed E-state index contributed by atoms with van der Waals surface area (Å²) in [7, 11) is 3.16. The largest absolute Gasteiger partial charge is 0.465 e. The van der Waals surface area contributed by atoms with E-state index in [2.05, 4.69) is 5.10 Å². The van der Waals surface area contributed by atoms with Crippen LogP contribution in [0.2, 0.25) is 0 Å². The van der Waals surface area contributed by atoms with Gasteiger partial charge in [-0.05, 0) is 30.2 Å². The Morgan fingerprint density at radius 1 is 1.38 bits per heavy atom. The first-order chi connectivity index (χ1) is 10.1. The molecule has 0 saturated heterocycles. The van der Waals surface area contributed by atoms with Gasteiger partial charge in [-0.25, -0.2) is 4.79 Å². The number of benzene rings is 1. The Morgan fingerprint density at radius 3 is 2.86 bits per heavy atom. The van der Waals surface area contributed by atoms with Gasteiger partial charge in [0.25, 0.3) is 5.91 Å². The van der Waals surface area contributed by atoms with Gasteiger partial charge in [-0.15, -0.1) is 0 Å². The number of anilines is 1. The second-order valence-electron chi connectivity index (χ2n) is 4.94. The average molecular weight is 285 g/mol. The highest BCUT2D eigenvalue weighted by atomic mass is 16.5. The number of hydrogen-bond acceptors (Lipinski definition) is 4. The zero-order chi connectivity index (χ0) is 15.0. The van der Waals surface area contributed by atoms with Crippen molar-refractivity contribution >= 4 is 17.6 Å². The highest BCUT2D eigenvalue weighted by molar-refractivity contribution is 6.08. The number of fused-ring (bicyclic) bond motifs is 1. The van der Waals surface area contributed by atoms with E-state index in [9.17, 15) is 9.59 Å². The molecule has 0 unspecified atom stereocenters. The first-order valence-corrected chi connectivity index (χ1v) is 6.62. The van der Waals surface area contributed by atoms with Crippen molar-refractivity contribution in [2.45, 2.75) is 6.42 Å². The minimum atomic E-state index is -0.389. The fraction of sp³-hybridized carbons (Fsp3) is 0.267. The maximum Gasteiger partial charge on any atom is 0.337 e. The highest BCUT2D eigenvalue weighted by Gasteiger charge is 2.27. The summed E-state index contributed by atoms with van der Waals surface area (Å²) in [4.78, 5) is 25.8. The number of ether oxygens (including phenoxy) is 1. The Bertz CT molecular complexity index is 721. The summed E-state index contributed by atoms with van der Waals surface area (Å²) >= 11 is 0. The standard InChI is InChI=1S/C15H15N3O3/c1-17-9-12(8-16-17)18-6-5-10-7-11(15(20)21-2)3-4-13(10)14(18)19/h3-4,7-9H,5-6H2,1-2H3. The molecule has 1 aromatic heterocycles. The number of carbonyl (C=O) groups excluding carboxylic acids is 2. The lowest BCUT2D eigenvalue weighted by atomic mass is 9.96. The molecular formula is C15H15N3O3. The molecule has 0 saturated carbocycles. The zero-order valence-electron chi connectivity index (χ0n) is 11.9. The molecule has 0 bridgehead atoms. The van der Waals surface area contributed by atoms with Gasteiger partial charge < -0.3 is 9.64 Å². The van der Waals surface area contributed by atoms with Crippen LogP contribution in [0.25, 0.3) is 0 Å². The molecule has 1 aliphatic rings. The minimum absolute atomic E-state index is 0.0688. The number of methoxy groups -OCH3 is 1. The van der Waals surface area contributed by atoms with Gasteiger partial charge in [-0.1, -0.05) is 0 Å². The van der Waals surface area contributed by atoms with Crippen LogP contribution in [0.15, 0.2) is 30.6 Å². The summed E-state index contributed by atoms with van der Waals surface area (Å²) in [6.07, 6.45) is 4.18. The van der Waals surface area contributed by atoms with E-state index < -0.39 is 0 Å². The summed E-state index contributed by atoms with van der Waals surface area (Å²) in [5, 5.41) is 4.09. The van der Waals surface area contributed by atoms with Crippen molar-refractivity contribution in [3.8, 4) is 0 Å². The molecule has 6 heteroatoms. The number of hydrogen-bond donors (Lipinski definition) is 0. The van der Waals surface area contributed by atoms with Gasteiger partial charge in [0.1, 0.15) is 0 Å². The van der Waals surface area contributed by atoms with E-state index in [4.69, 9.17) is 4.74 Å². The Balaban J connectivity index is 1.94. The first-order valence-electron chi connectivity index (χ1n) is 6.62. The lowest BCUT2D eigenvalue weighted by Crippen LogP contribution is -2.37. The number of nitrogens with zero attached hydrogens (tertiary/aromatic N) is 3. The Hall–Kier alpha value is -2.63. The quantitative estimate of drug-likeness (QED) is 0.783. The number of amides is 1. The average Bonchev–Trinajstić information content (AvgIpc) is 2.92. The van der Waals surface area contributed by atoms with Gasteiger partial charge in [0.2, 0.25) is 0 Å². The van der Waals surface area contributed by atoms with Crippen molar-refractivity contribution in [1.82, 2.24) is 9.78 Å². The first kappa shape index (κ1) is 13.4. The molecule has 3 rings (SSSR count). The van der Waals surface area contributed by atoms with Crippen LogP contribution in [-0.2, 0) is 18.2 Å². The number of esters is 1. The van der Waals surface area contributed by atoms with Gasteiger partial charge >= 0.3 is 5.97 Å². The smallest absolute Gasteiger partial charge is 0.337 e. The van der Waals surface area contributed by atoms with Gasteiger partial charge in [-0.3, -0.25) is 9.48 Å². The summed E-state index contributed by atoms with van der Waals surface area (Å²) in [6.45, 7) is 0.572. The number of aromatic nitrogens is 2. The van der Waals surface area contributed by atoms with Crippen molar-refractivity contribution in [3.05, 3.63) is 47.3 Å². The topological polar surface area (TPSA) is 64.4 Å². The predicted octanol–water partition coefficient (Wildman–Crippen LogP) is 1.41. The van der Waals surface area contributed by atoms with E-state index in [0.29, 0.717) is 24.1 Å². The molecule has 0 spiro atoms.